The molecular weight excluding hydrogens is 158 g/mol. The summed E-state index contributed by atoms with van der Waals surface area (Å²) >= 11 is 0. The molecule has 0 aromatic rings. The van der Waals surface area contributed by atoms with Crippen molar-refractivity contribution in [2.24, 2.45) is 0 Å². The average molecular weight is 177 g/mol. The molecule has 0 aliphatic rings. The first-order chi connectivity index (χ1) is 5.22. The lowest BCUT2D eigenvalue weighted by Crippen LogP contribution is -2.30. The normalized spacial score (nSPS) is 13.9. The third kappa shape index (κ3) is 5.38. The topological polar surface area (TPSA) is 52.5 Å². The van der Waals surface area contributed by atoms with Crippen LogP contribution in [0.2, 0.25) is 5.54 Å². The van der Waals surface area contributed by atoms with Crippen molar-refractivity contribution in [3.63, 3.8) is 0 Å². The summed E-state index contributed by atoms with van der Waals surface area (Å²) in [7, 11) is -2.39. The van der Waals surface area contributed by atoms with Crippen LogP contribution in [0.3, 0.4) is 0 Å². The Morgan fingerprint density at radius 3 is 2.36 bits per heavy atom. The minimum absolute atomic E-state index is 0.113. The van der Waals surface area contributed by atoms with Gasteiger partial charge in [-0.2, -0.15) is 0 Å². The van der Waals surface area contributed by atoms with Gasteiger partial charge in [0.15, 0.2) is 0 Å². The number of rotatable bonds is 6. The standard InChI is InChI=1S/C7H19NO2Si/c1-3-5-8-6-7(4-2)11(9)10/h7-11H,3-6H2,1-2H3. The van der Waals surface area contributed by atoms with Crippen LogP contribution in [0.15, 0.2) is 0 Å². The lowest BCUT2D eigenvalue weighted by atomic mass is 10.3. The van der Waals surface area contributed by atoms with Crippen molar-refractivity contribution < 1.29 is 9.59 Å². The molecule has 68 valence electrons. The van der Waals surface area contributed by atoms with E-state index >= 15 is 0 Å². The lowest BCUT2D eigenvalue weighted by molar-refractivity contribution is 0.376. The Morgan fingerprint density at radius 1 is 1.36 bits per heavy atom. The van der Waals surface area contributed by atoms with E-state index in [2.05, 4.69) is 12.2 Å². The predicted molar refractivity (Wildman–Crippen MR) is 48.8 cm³/mol. The summed E-state index contributed by atoms with van der Waals surface area (Å²) in [5.41, 5.74) is 0.113. The van der Waals surface area contributed by atoms with Gasteiger partial charge < -0.3 is 14.9 Å². The van der Waals surface area contributed by atoms with E-state index in [1.807, 2.05) is 6.92 Å². The van der Waals surface area contributed by atoms with E-state index in [1.54, 1.807) is 0 Å². The third-order valence-corrected chi connectivity index (χ3v) is 3.33. The summed E-state index contributed by atoms with van der Waals surface area (Å²) in [5.74, 6) is 0. The van der Waals surface area contributed by atoms with Crippen molar-refractivity contribution in [3.8, 4) is 0 Å². The SMILES string of the molecule is CCCNCC(CC)[SiH](O)O. The molecule has 0 spiro atoms. The van der Waals surface area contributed by atoms with Crippen LogP contribution in [0, 0.1) is 0 Å². The second-order valence-electron chi connectivity index (χ2n) is 2.79. The molecule has 0 aromatic carbocycles. The van der Waals surface area contributed by atoms with Gasteiger partial charge in [-0.3, -0.25) is 0 Å². The van der Waals surface area contributed by atoms with Crippen LogP contribution in [0.25, 0.3) is 0 Å². The number of nitrogens with one attached hydrogen (secondary N) is 1. The Balaban J connectivity index is 3.36. The molecule has 0 aliphatic carbocycles. The van der Waals surface area contributed by atoms with Crippen LogP contribution in [0.5, 0.6) is 0 Å². The van der Waals surface area contributed by atoms with E-state index in [1.165, 1.54) is 0 Å². The van der Waals surface area contributed by atoms with Gasteiger partial charge in [0.1, 0.15) is 0 Å². The maximum Gasteiger partial charge on any atom is 0.320 e. The van der Waals surface area contributed by atoms with Crippen molar-refractivity contribution in [2.45, 2.75) is 32.2 Å². The molecule has 0 fully saturated rings. The van der Waals surface area contributed by atoms with Crippen LogP contribution < -0.4 is 5.32 Å². The van der Waals surface area contributed by atoms with Crippen LogP contribution in [0.1, 0.15) is 26.7 Å². The quantitative estimate of drug-likeness (QED) is 0.394. The first-order valence-corrected chi connectivity index (χ1v) is 5.99. The molecule has 0 saturated heterocycles. The molecule has 4 heteroatoms. The zero-order valence-electron chi connectivity index (χ0n) is 7.38. The molecule has 0 amide bonds. The summed E-state index contributed by atoms with van der Waals surface area (Å²) in [6, 6.07) is 0. The zero-order valence-corrected chi connectivity index (χ0v) is 8.53. The maximum atomic E-state index is 8.97. The van der Waals surface area contributed by atoms with Gasteiger partial charge in [0.05, 0.1) is 0 Å². The second-order valence-corrected chi connectivity index (χ2v) is 4.56. The van der Waals surface area contributed by atoms with Crippen LogP contribution in [-0.2, 0) is 0 Å². The molecule has 0 bridgehead atoms. The highest BCUT2D eigenvalue weighted by atomic mass is 28.3. The van der Waals surface area contributed by atoms with Gasteiger partial charge in [-0.1, -0.05) is 20.3 Å². The Labute approximate surface area is 70.3 Å². The summed E-state index contributed by atoms with van der Waals surface area (Å²) in [4.78, 5) is 17.9. The Kier molecular flexibility index (Phi) is 6.85. The molecule has 1 atom stereocenters. The van der Waals surface area contributed by atoms with Crippen LogP contribution >= 0.6 is 0 Å². The molecule has 0 aliphatic heterocycles. The predicted octanol–water partition coefficient (Wildman–Crippen LogP) is -0.0287. The highest BCUT2D eigenvalue weighted by molar-refractivity contribution is 6.43. The molecule has 0 radical (unpaired) electrons. The summed E-state index contributed by atoms with van der Waals surface area (Å²) in [6.07, 6.45) is 1.96. The van der Waals surface area contributed by atoms with Gasteiger partial charge >= 0.3 is 9.28 Å². The van der Waals surface area contributed by atoms with Crippen molar-refractivity contribution in [1.29, 1.82) is 0 Å². The van der Waals surface area contributed by atoms with E-state index in [4.69, 9.17) is 9.59 Å². The first kappa shape index (κ1) is 11.1. The lowest BCUT2D eigenvalue weighted by Gasteiger charge is -2.14. The first-order valence-electron chi connectivity index (χ1n) is 4.29. The van der Waals surface area contributed by atoms with E-state index in [-0.39, 0.29) is 5.54 Å². The molecule has 0 aromatic heterocycles. The minimum Gasteiger partial charge on any atom is -0.413 e. The van der Waals surface area contributed by atoms with Crippen molar-refractivity contribution in [2.75, 3.05) is 13.1 Å². The molecular formula is C7H19NO2Si. The fraction of sp³-hybridized carbons (Fsp3) is 1.00. The van der Waals surface area contributed by atoms with E-state index < -0.39 is 9.28 Å². The number of hydrogen-bond acceptors (Lipinski definition) is 3. The largest absolute Gasteiger partial charge is 0.413 e. The van der Waals surface area contributed by atoms with Gasteiger partial charge in [-0.15, -0.1) is 0 Å². The second kappa shape index (κ2) is 6.79. The van der Waals surface area contributed by atoms with Gasteiger partial charge in [-0.25, -0.2) is 0 Å². The van der Waals surface area contributed by atoms with Gasteiger partial charge in [-0.05, 0) is 19.5 Å². The molecule has 3 N–H and O–H groups in total. The van der Waals surface area contributed by atoms with E-state index in [0.29, 0.717) is 0 Å². The molecule has 3 nitrogen and oxygen atoms in total. The number of hydrogen-bond donors (Lipinski definition) is 3. The van der Waals surface area contributed by atoms with Crippen molar-refractivity contribution >= 4 is 9.28 Å². The molecule has 0 rings (SSSR count). The van der Waals surface area contributed by atoms with E-state index in [0.717, 1.165) is 25.9 Å². The van der Waals surface area contributed by atoms with Crippen LogP contribution in [-0.4, -0.2) is 32.0 Å². The monoisotopic (exact) mass is 177 g/mol. The highest BCUT2D eigenvalue weighted by Crippen LogP contribution is 2.09. The Hall–Kier alpha value is 0.0969. The highest BCUT2D eigenvalue weighted by Gasteiger charge is 2.16. The molecule has 11 heavy (non-hydrogen) atoms. The smallest absolute Gasteiger partial charge is 0.320 e. The van der Waals surface area contributed by atoms with Gasteiger partial charge in [0.25, 0.3) is 0 Å². The third-order valence-electron chi connectivity index (χ3n) is 1.78. The Morgan fingerprint density at radius 2 is 2.00 bits per heavy atom. The van der Waals surface area contributed by atoms with E-state index in [9.17, 15) is 0 Å². The fourth-order valence-electron chi connectivity index (χ4n) is 0.925. The van der Waals surface area contributed by atoms with Gasteiger partial charge in [0, 0.05) is 5.54 Å². The van der Waals surface area contributed by atoms with Crippen molar-refractivity contribution in [1.82, 2.24) is 5.32 Å². The van der Waals surface area contributed by atoms with Crippen molar-refractivity contribution in [3.05, 3.63) is 0 Å². The average Bonchev–Trinajstić information content (AvgIpc) is 1.97. The van der Waals surface area contributed by atoms with Gasteiger partial charge in [0.2, 0.25) is 0 Å². The Bertz CT molecular complexity index is 90.5. The molecule has 0 saturated carbocycles. The minimum atomic E-state index is -2.39. The summed E-state index contributed by atoms with van der Waals surface area (Å²) < 4.78 is 0. The van der Waals surface area contributed by atoms with Crippen LogP contribution in [0.4, 0.5) is 0 Å². The summed E-state index contributed by atoms with van der Waals surface area (Å²) in [5, 5.41) is 3.18. The molecule has 0 heterocycles. The maximum absolute atomic E-state index is 8.97. The zero-order chi connectivity index (χ0) is 8.69. The summed E-state index contributed by atoms with van der Waals surface area (Å²) in [6.45, 7) is 5.82. The molecule has 1 unspecified atom stereocenters. The fourth-order valence-corrected chi connectivity index (χ4v) is 1.72.